The molecule has 5 rings (SSSR count). The fourth-order valence-corrected chi connectivity index (χ4v) is 4.11. The standard InChI is InChI=1S/C23H19N3S/c27-23(24-21-12-6-7-13-22(21)25-23)26(19-10-2-1-3-11-19)20-15-14-17-8-4-5-9-18(17)16-20/h1-16,24-25,27H. The number of benzene rings is 4. The molecule has 1 aliphatic heterocycles. The molecule has 0 spiro atoms. The molecule has 4 aromatic carbocycles. The highest BCUT2D eigenvalue weighted by Gasteiger charge is 2.39. The Hall–Kier alpha value is -3.11. The normalized spacial score (nSPS) is 14.3. The average molecular weight is 369 g/mol. The topological polar surface area (TPSA) is 27.3 Å². The monoisotopic (exact) mass is 369 g/mol. The van der Waals surface area contributed by atoms with Gasteiger partial charge in [0.25, 0.3) is 0 Å². The highest BCUT2D eigenvalue weighted by Crippen LogP contribution is 2.43. The average Bonchev–Trinajstić information content (AvgIpc) is 3.05. The van der Waals surface area contributed by atoms with Crippen LogP contribution in [0.1, 0.15) is 0 Å². The number of anilines is 4. The molecule has 132 valence electrons. The second-order valence-electron chi connectivity index (χ2n) is 6.67. The van der Waals surface area contributed by atoms with Crippen LogP contribution in [0.25, 0.3) is 10.8 Å². The summed E-state index contributed by atoms with van der Waals surface area (Å²) in [6.45, 7) is 0. The first kappa shape index (κ1) is 16.1. The van der Waals surface area contributed by atoms with Crippen LogP contribution in [0, 0.1) is 0 Å². The lowest BCUT2D eigenvalue weighted by Gasteiger charge is -2.39. The van der Waals surface area contributed by atoms with Crippen LogP contribution in [-0.4, -0.2) is 5.12 Å². The van der Waals surface area contributed by atoms with Gasteiger partial charge >= 0.3 is 0 Å². The molecule has 1 heterocycles. The van der Waals surface area contributed by atoms with E-state index in [1.165, 1.54) is 10.8 Å². The summed E-state index contributed by atoms with van der Waals surface area (Å²) in [5.74, 6) is 0. The summed E-state index contributed by atoms with van der Waals surface area (Å²) >= 11 is 5.04. The summed E-state index contributed by atoms with van der Waals surface area (Å²) in [6.07, 6.45) is 0. The molecular weight excluding hydrogens is 350 g/mol. The van der Waals surface area contributed by atoms with E-state index >= 15 is 0 Å². The van der Waals surface area contributed by atoms with E-state index in [9.17, 15) is 0 Å². The quantitative estimate of drug-likeness (QED) is 0.303. The minimum absolute atomic E-state index is 0.784. The largest absolute Gasteiger partial charge is 0.335 e. The molecule has 2 N–H and O–H groups in total. The van der Waals surface area contributed by atoms with E-state index in [0.29, 0.717) is 0 Å². The number of nitrogens with one attached hydrogen (secondary N) is 2. The van der Waals surface area contributed by atoms with Crippen molar-refractivity contribution in [2.24, 2.45) is 0 Å². The molecule has 1 aliphatic rings. The first-order valence-corrected chi connectivity index (χ1v) is 9.40. The molecule has 0 amide bonds. The smallest absolute Gasteiger partial charge is 0.240 e. The van der Waals surface area contributed by atoms with Crippen molar-refractivity contribution in [1.29, 1.82) is 0 Å². The number of nitrogens with zero attached hydrogens (tertiary/aromatic N) is 1. The van der Waals surface area contributed by atoms with Gasteiger partial charge in [-0.2, -0.15) is 0 Å². The van der Waals surface area contributed by atoms with Gasteiger partial charge in [0.1, 0.15) is 0 Å². The lowest BCUT2D eigenvalue weighted by Crippen LogP contribution is -2.51. The van der Waals surface area contributed by atoms with Crippen LogP contribution in [-0.2, 0) is 0 Å². The van der Waals surface area contributed by atoms with Gasteiger partial charge in [-0.15, -0.1) is 12.6 Å². The van der Waals surface area contributed by atoms with E-state index in [-0.39, 0.29) is 0 Å². The lowest BCUT2D eigenvalue weighted by atomic mass is 10.1. The Morgan fingerprint density at radius 3 is 1.89 bits per heavy atom. The molecule has 0 radical (unpaired) electrons. The van der Waals surface area contributed by atoms with Crippen molar-refractivity contribution in [2.45, 2.75) is 5.12 Å². The summed E-state index contributed by atoms with van der Waals surface area (Å²) in [6, 6.07) is 33.4. The van der Waals surface area contributed by atoms with Gasteiger partial charge in [-0.1, -0.05) is 60.7 Å². The summed E-state index contributed by atoms with van der Waals surface area (Å²) in [4.78, 5) is 2.18. The molecule has 3 nitrogen and oxygen atoms in total. The number of fused-ring (bicyclic) bond motifs is 2. The van der Waals surface area contributed by atoms with E-state index in [1.54, 1.807) is 0 Å². The molecule has 0 saturated carbocycles. The predicted octanol–water partition coefficient (Wildman–Crippen LogP) is 6.06. The molecule has 0 atom stereocenters. The van der Waals surface area contributed by atoms with Crippen LogP contribution < -0.4 is 15.5 Å². The fourth-order valence-electron chi connectivity index (χ4n) is 3.64. The Morgan fingerprint density at radius 1 is 0.593 bits per heavy atom. The van der Waals surface area contributed by atoms with Crippen molar-refractivity contribution < 1.29 is 0 Å². The van der Waals surface area contributed by atoms with Gasteiger partial charge < -0.3 is 10.6 Å². The third-order valence-electron chi connectivity index (χ3n) is 4.87. The maximum absolute atomic E-state index is 5.04. The second kappa shape index (κ2) is 6.25. The number of para-hydroxylation sites is 3. The molecule has 0 bridgehead atoms. The highest BCUT2D eigenvalue weighted by atomic mass is 32.1. The van der Waals surface area contributed by atoms with E-state index in [1.807, 2.05) is 30.3 Å². The van der Waals surface area contributed by atoms with Crippen LogP contribution >= 0.6 is 12.6 Å². The van der Waals surface area contributed by atoms with E-state index in [2.05, 4.69) is 82.3 Å². The summed E-state index contributed by atoms with van der Waals surface area (Å²) in [7, 11) is 0. The summed E-state index contributed by atoms with van der Waals surface area (Å²) in [5.41, 5.74) is 4.18. The lowest BCUT2D eigenvalue weighted by molar-refractivity contribution is 0.787. The van der Waals surface area contributed by atoms with Crippen molar-refractivity contribution in [2.75, 3.05) is 15.5 Å². The summed E-state index contributed by atoms with van der Waals surface area (Å²) in [5, 5.41) is 8.70. The molecule has 4 heteroatoms. The maximum Gasteiger partial charge on any atom is 0.240 e. The SMILES string of the molecule is SC1(N(c2ccccc2)c2ccc3ccccc3c2)Nc2ccccc2N1. The van der Waals surface area contributed by atoms with Gasteiger partial charge in [0, 0.05) is 11.4 Å². The zero-order valence-corrected chi connectivity index (χ0v) is 15.5. The van der Waals surface area contributed by atoms with Crippen molar-refractivity contribution >= 4 is 46.2 Å². The van der Waals surface area contributed by atoms with E-state index in [0.717, 1.165) is 22.7 Å². The van der Waals surface area contributed by atoms with Crippen LogP contribution in [0.4, 0.5) is 22.7 Å². The maximum atomic E-state index is 5.04. The third kappa shape index (κ3) is 2.78. The minimum atomic E-state index is -0.784. The zero-order chi connectivity index (χ0) is 18.3. The molecule has 4 aromatic rings. The van der Waals surface area contributed by atoms with Crippen molar-refractivity contribution in [3.8, 4) is 0 Å². The number of thiol groups is 1. The first-order chi connectivity index (χ1) is 13.2. The Labute approximate surface area is 164 Å². The van der Waals surface area contributed by atoms with Crippen LogP contribution in [0.2, 0.25) is 0 Å². The van der Waals surface area contributed by atoms with Crippen LogP contribution in [0.5, 0.6) is 0 Å². The molecule has 0 fully saturated rings. The van der Waals surface area contributed by atoms with Crippen molar-refractivity contribution in [3.63, 3.8) is 0 Å². The van der Waals surface area contributed by atoms with Gasteiger partial charge in [0.15, 0.2) is 0 Å². The number of hydrogen-bond donors (Lipinski definition) is 3. The molecule has 0 aromatic heterocycles. The van der Waals surface area contributed by atoms with Crippen molar-refractivity contribution in [1.82, 2.24) is 0 Å². The first-order valence-electron chi connectivity index (χ1n) is 8.95. The number of rotatable bonds is 3. The van der Waals surface area contributed by atoms with Gasteiger partial charge in [0.2, 0.25) is 5.12 Å². The van der Waals surface area contributed by atoms with Crippen molar-refractivity contribution in [3.05, 3.63) is 97.1 Å². The zero-order valence-electron chi connectivity index (χ0n) is 14.6. The molecule has 27 heavy (non-hydrogen) atoms. The van der Waals surface area contributed by atoms with E-state index < -0.39 is 5.12 Å². The Morgan fingerprint density at radius 2 is 1.19 bits per heavy atom. The molecule has 0 saturated heterocycles. The highest BCUT2D eigenvalue weighted by molar-refractivity contribution is 7.82. The molecule has 0 unspecified atom stereocenters. The van der Waals surface area contributed by atoms with Gasteiger partial charge in [-0.3, -0.25) is 4.90 Å². The number of hydrogen-bond acceptors (Lipinski definition) is 4. The van der Waals surface area contributed by atoms with Crippen LogP contribution in [0.3, 0.4) is 0 Å². The van der Waals surface area contributed by atoms with Gasteiger partial charge in [0.05, 0.1) is 11.4 Å². The fraction of sp³-hybridized carbons (Fsp3) is 0.0435. The van der Waals surface area contributed by atoms with Gasteiger partial charge in [-0.05, 0) is 47.2 Å². The molecular formula is C23H19N3S. The Bertz CT molecular complexity index is 1090. The Balaban J connectivity index is 1.66. The second-order valence-corrected chi connectivity index (χ2v) is 7.32. The summed E-state index contributed by atoms with van der Waals surface area (Å²) < 4.78 is 0. The van der Waals surface area contributed by atoms with E-state index in [4.69, 9.17) is 12.6 Å². The Kier molecular flexibility index (Phi) is 3.73. The predicted molar refractivity (Wildman–Crippen MR) is 118 cm³/mol. The van der Waals surface area contributed by atoms with Crippen LogP contribution in [0.15, 0.2) is 97.1 Å². The minimum Gasteiger partial charge on any atom is -0.335 e. The van der Waals surface area contributed by atoms with Gasteiger partial charge in [-0.25, -0.2) is 0 Å². The third-order valence-corrected chi connectivity index (χ3v) is 5.30. The molecule has 0 aliphatic carbocycles.